The van der Waals surface area contributed by atoms with Crippen LogP contribution in [0, 0.1) is 0 Å². The van der Waals surface area contributed by atoms with Gasteiger partial charge in [0, 0.05) is 0 Å². The van der Waals surface area contributed by atoms with Gasteiger partial charge in [0.05, 0.1) is 19.4 Å². The van der Waals surface area contributed by atoms with Crippen molar-refractivity contribution in [1.29, 1.82) is 0 Å². The molecule has 0 saturated carbocycles. The molecule has 0 aliphatic rings. The van der Waals surface area contributed by atoms with E-state index in [0.29, 0.717) is 34.0 Å². The quantitative estimate of drug-likeness (QED) is 0.708. The third-order valence-corrected chi connectivity index (χ3v) is 3.04. The molecule has 1 heterocycles. The molecule has 0 spiro atoms. The summed E-state index contributed by atoms with van der Waals surface area (Å²) in [5, 5.41) is 16.7. The van der Waals surface area contributed by atoms with Crippen LogP contribution in [-0.2, 0) is 6.61 Å². The van der Waals surface area contributed by atoms with Crippen molar-refractivity contribution < 1.29 is 19.2 Å². The molecule has 3 N–H and O–H groups in total. The van der Waals surface area contributed by atoms with Crippen molar-refractivity contribution in [2.24, 2.45) is 0 Å². The summed E-state index contributed by atoms with van der Waals surface area (Å²) >= 11 is 0. The first-order valence-electron chi connectivity index (χ1n) is 6.19. The van der Waals surface area contributed by atoms with E-state index in [2.05, 4.69) is 10.3 Å². The summed E-state index contributed by atoms with van der Waals surface area (Å²) in [5.41, 5.74) is 7.85. The normalized spacial score (nSPS) is 10.8. The average Bonchev–Trinajstić information content (AvgIpc) is 3.01. The molecular weight excluding hydrogens is 274 g/mol. The Morgan fingerprint density at radius 3 is 2.62 bits per heavy atom. The molecule has 0 unspecified atom stereocenters. The van der Waals surface area contributed by atoms with Crippen LogP contribution in [-0.4, -0.2) is 22.5 Å². The standard InChI is InChI=1S/C14H13N3O4/c1-19-12-6-8(7-18)2-4-10(12)20-11-5-3-9(15)13-14(11)17-21-16-13/h2-6,18H,7,15H2,1H3. The topological polar surface area (TPSA) is 104 Å². The van der Waals surface area contributed by atoms with Crippen molar-refractivity contribution in [3.63, 3.8) is 0 Å². The third kappa shape index (κ3) is 2.34. The first-order valence-corrected chi connectivity index (χ1v) is 6.19. The number of hydrogen-bond donors (Lipinski definition) is 2. The summed E-state index contributed by atoms with van der Waals surface area (Å²) in [7, 11) is 1.53. The number of benzene rings is 2. The number of rotatable bonds is 4. The minimum atomic E-state index is -0.0735. The molecule has 2 aromatic carbocycles. The van der Waals surface area contributed by atoms with Gasteiger partial charge in [0.1, 0.15) is 0 Å². The van der Waals surface area contributed by atoms with Crippen molar-refractivity contribution in [3.8, 4) is 17.2 Å². The number of hydrogen-bond acceptors (Lipinski definition) is 7. The largest absolute Gasteiger partial charge is 0.493 e. The van der Waals surface area contributed by atoms with Crippen LogP contribution >= 0.6 is 0 Å². The Kier molecular flexibility index (Phi) is 3.33. The Hall–Kier alpha value is -2.80. The number of nitrogens with two attached hydrogens (primary N) is 1. The number of fused-ring (bicyclic) bond motifs is 1. The highest BCUT2D eigenvalue weighted by molar-refractivity contribution is 5.90. The van der Waals surface area contributed by atoms with E-state index in [4.69, 9.17) is 24.9 Å². The molecule has 0 fully saturated rings. The Morgan fingerprint density at radius 1 is 1.10 bits per heavy atom. The highest BCUT2D eigenvalue weighted by Crippen LogP contribution is 2.36. The summed E-state index contributed by atoms with van der Waals surface area (Å²) in [6.07, 6.45) is 0. The molecule has 0 radical (unpaired) electrons. The van der Waals surface area contributed by atoms with Gasteiger partial charge >= 0.3 is 0 Å². The second-order valence-corrected chi connectivity index (χ2v) is 4.36. The van der Waals surface area contributed by atoms with Crippen LogP contribution in [0.15, 0.2) is 35.0 Å². The van der Waals surface area contributed by atoms with Gasteiger partial charge in [-0.15, -0.1) is 0 Å². The van der Waals surface area contributed by atoms with E-state index >= 15 is 0 Å². The summed E-state index contributed by atoms with van der Waals surface area (Å²) in [6.45, 7) is -0.0735. The molecule has 0 bridgehead atoms. The fourth-order valence-electron chi connectivity index (χ4n) is 1.96. The number of nitrogens with zero attached hydrogens (tertiary/aromatic N) is 2. The van der Waals surface area contributed by atoms with Gasteiger partial charge in [-0.25, -0.2) is 4.63 Å². The number of nitrogen functional groups attached to an aromatic ring is 1. The fourth-order valence-corrected chi connectivity index (χ4v) is 1.96. The van der Waals surface area contributed by atoms with E-state index in [-0.39, 0.29) is 6.61 Å². The molecule has 0 amide bonds. The second-order valence-electron chi connectivity index (χ2n) is 4.36. The first kappa shape index (κ1) is 13.2. The van der Waals surface area contributed by atoms with Crippen LogP contribution in [0.4, 0.5) is 5.69 Å². The van der Waals surface area contributed by atoms with Gasteiger partial charge < -0.3 is 20.3 Å². The zero-order chi connectivity index (χ0) is 14.8. The maximum Gasteiger partial charge on any atom is 0.179 e. The van der Waals surface area contributed by atoms with Crippen molar-refractivity contribution in [2.45, 2.75) is 6.61 Å². The number of aliphatic hydroxyl groups excluding tert-OH is 1. The predicted octanol–water partition coefficient (Wildman–Crippen LogP) is 2.10. The van der Waals surface area contributed by atoms with Gasteiger partial charge in [0.2, 0.25) is 0 Å². The van der Waals surface area contributed by atoms with Gasteiger partial charge in [-0.2, -0.15) is 0 Å². The predicted molar refractivity (Wildman–Crippen MR) is 75.2 cm³/mol. The molecule has 0 aliphatic carbocycles. The maximum atomic E-state index is 9.14. The number of aliphatic hydroxyl groups is 1. The van der Waals surface area contributed by atoms with E-state index < -0.39 is 0 Å². The van der Waals surface area contributed by atoms with Crippen LogP contribution in [0.2, 0.25) is 0 Å². The van der Waals surface area contributed by atoms with E-state index in [9.17, 15) is 0 Å². The Morgan fingerprint density at radius 2 is 1.86 bits per heavy atom. The monoisotopic (exact) mass is 287 g/mol. The van der Waals surface area contributed by atoms with E-state index in [1.54, 1.807) is 30.3 Å². The van der Waals surface area contributed by atoms with Gasteiger partial charge in [-0.05, 0) is 40.1 Å². The average molecular weight is 287 g/mol. The molecule has 0 aliphatic heterocycles. The van der Waals surface area contributed by atoms with Crippen LogP contribution < -0.4 is 15.2 Å². The SMILES string of the molecule is COc1cc(CO)ccc1Oc1ccc(N)c2nonc12. The molecule has 7 nitrogen and oxygen atoms in total. The Balaban J connectivity index is 2.02. The lowest BCUT2D eigenvalue weighted by atomic mass is 10.2. The van der Waals surface area contributed by atoms with E-state index in [1.807, 2.05) is 0 Å². The maximum absolute atomic E-state index is 9.14. The van der Waals surface area contributed by atoms with Gasteiger partial charge in [-0.3, -0.25) is 0 Å². The summed E-state index contributed by atoms with van der Waals surface area (Å²) in [4.78, 5) is 0. The molecular formula is C14H13N3O4. The smallest absolute Gasteiger partial charge is 0.179 e. The number of methoxy groups -OCH3 is 1. The van der Waals surface area contributed by atoms with Crippen molar-refractivity contribution in [3.05, 3.63) is 35.9 Å². The minimum absolute atomic E-state index is 0.0735. The lowest BCUT2D eigenvalue weighted by Gasteiger charge is -2.11. The lowest BCUT2D eigenvalue weighted by Crippen LogP contribution is -1.94. The van der Waals surface area contributed by atoms with Gasteiger partial charge in [-0.1, -0.05) is 6.07 Å². The molecule has 0 atom stereocenters. The Labute approximate surface area is 119 Å². The van der Waals surface area contributed by atoms with Crippen molar-refractivity contribution >= 4 is 16.7 Å². The lowest BCUT2D eigenvalue weighted by molar-refractivity contribution is 0.280. The zero-order valence-corrected chi connectivity index (χ0v) is 11.2. The van der Waals surface area contributed by atoms with Crippen LogP contribution in [0.3, 0.4) is 0 Å². The highest BCUT2D eigenvalue weighted by atomic mass is 16.6. The number of ether oxygens (including phenoxy) is 2. The van der Waals surface area contributed by atoms with Crippen LogP contribution in [0.5, 0.6) is 17.2 Å². The van der Waals surface area contributed by atoms with Gasteiger partial charge in [0.15, 0.2) is 28.3 Å². The molecule has 108 valence electrons. The van der Waals surface area contributed by atoms with E-state index in [0.717, 1.165) is 5.56 Å². The fraction of sp³-hybridized carbons (Fsp3) is 0.143. The van der Waals surface area contributed by atoms with Crippen molar-refractivity contribution in [2.75, 3.05) is 12.8 Å². The molecule has 3 rings (SSSR count). The number of aromatic nitrogens is 2. The molecule has 21 heavy (non-hydrogen) atoms. The van der Waals surface area contributed by atoms with Crippen LogP contribution in [0.25, 0.3) is 11.0 Å². The zero-order valence-electron chi connectivity index (χ0n) is 11.2. The van der Waals surface area contributed by atoms with Gasteiger partial charge in [0.25, 0.3) is 0 Å². The first-order chi connectivity index (χ1) is 10.2. The number of anilines is 1. The molecule has 1 aromatic heterocycles. The molecule has 0 saturated heterocycles. The summed E-state index contributed by atoms with van der Waals surface area (Å²) in [5.74, 6) is 1.45. The Bertz CT molecular complexity index is 785. The third-order valence-electron chi connectivity index (χ3n) is 3.04. The highest BCUT2D eigenvalue weighted by Gasteiger charge is 2.14. The minimum Gasteiger partial charge on any atom is -0.493 e. The molecule has 7 heteroatoms. The summed E-state index contributed by atoms with van der Waals surface area (Å²) in [6, 6.07) is 8.50. The second kappa shape index (κ2) is 5.29. The van der Waals surface area contributed by atoms with E-state index in [1.165, 1.54) is 7.11 Å². The van der Waals surface area contributed by atoms with Crippen molar-refractivity contribution in [1.82, 2.24) is 10.3 Å². The van der Waals surface area contributed by atoms with Crippen LogP contribution in [0.1, 0.15) is 5.56 Å². The summed E-state index contributed by atoms with van der Waals surface area (Å²) < 4.78 is 15.8. The molecule has 3 aromatic rings.